The summed E-state index contributed by atoms with van der Waals surface area (Å²) in [6.07, 6.45) is 1.64. The highest BCUT2D eigenvalue weighted by Crippen LogP contribution is 2.54. The molecule has 1 N–H and O–H groups in total. The molecule has 0 spiro atoms. The average Bonchev–Trinajstić information content (AvgIpc) is 2.82. The number of non-ortho nitro benzene ring substituents is 1. The molecule has 0 fully saturated rings. The lowest BCUT2D eigenvalue weighted by Crippen LogP contribution is -2.42. The summed E-state index contributed by atoms with van der Waals surface area (Å²) in [4.78, 5) is 49.0. The van der Waals surface area contributed by atoms with Crippen molar-refractivity contribution in [1.29, 1.82) is 0 Å². The van der Waals surface area contributed by atoms with E-state index in [2.05, 4.69) is 5.32 Å². The van der Waals surface area contributed by atoms with Gasteiger partial charge >= 0.3 is 5.69 Å². The Bertz CT molecular complexity index is 1570. The van der Waals surface area contributed by atoms with Crippen LogP contribution < -0.4 is 10.1 Å². The highest BCUT2D eigenvalue weighted by Gasteiger charge is 2.47. The largest absolute Gasteiger partial charge is 0.448 e. The van der Waals surface area contributed by atoms with E-state index in [0.717, 1.165) is 18.2 Å². The molecule has 10 nitrogen and oxygen atoms in total. The van der Waals surface area contributed by atoms with Crippen molar-refractivity contribution in [3.8, 4) is 11.5 Å². The number of ether oxygens (including phenoxy) is 1. The van der Waals surface area contributed by atoms with Crippen molar-refractivity contribution in [2.24, 2.45) is 10.8 Å². The minimum absolute atomic E-state index is 0.00448. The molecule has 0 radical (unpaired) electrons. The number of ketones is 2. The van der Waals surface area contributed by atoms with E-state index in [0.29, 0.717) is 40.9 Å². The zero-order chi connectivity index (χ0) is 30.0. The Balaban J connectivity index is 1.75. The Morgan fingerprint density at radius 1 is 0.854 bits per heavy atom. The monoisotopic (exact) mass is 599 g/mol. The van der Waals surface area contributed by atoms with Crippen LogP contribution in [0.1, 0.15) is 64.9 Å². The van der Waals surface area contributed by atoms with Crippen molar-refractivity contribution in [2.45, 2.75) is 59.3 Å². The second-order valence-electron chi connectivity index (χ2n) is 12.3. The van der Waals surface area contributed by atoms with Crippen molar-refractivity contribution in [3.05, 3.63) is 88.7 Å². The first kappa shape index (κ1) is 28.8. The SMILES string of the molecule is CC1(C)CC(=O)C2=C(C1)NC1=C(C(=O)CC(C)(C)C1)C2c1cc(Cl)cc(Cl)c1Oc1ccc([N+](=O)[O-])cc1[N+](=O)[O-]. The van der Waals surface area contributed by atoms with Gasteiger partial charge in [0.15, 0.2) is 17.3 Å². The first-order valence-corrected chi connectivity index (χ1v) is 13.7. The fraction of sp³-hybridized carbons (Fsp3) is 0.379. The van der Waals surface area contributed by atoms with E-state index >= 15 is 0 Å². The molecule has 0 unspecified atom stereocenters. The molecule has 0 atom stereocenters. The number of nitrogens with zero attached hydrogens (tertiary/aromatic N) is 2. The van der Waals surface area contributed by atoms with Crippen LogP contribution in [0.2, 0.25) is 10.0 Å². The minimum Gasteiger partial charge on any atom is -0.448 e. The predicted octanol–water partition coefficient (Wildman–Crippen LogP) is 7.58. The molecular weight excluding hydrogens is 573 g/mol. The minimum atomic E-state index is -0.878. The third-order valence-corrected chi connectivity index (χ3v) is 8.13. The molecule has 2 aromatic carbocycles. The van der Waals surface area contributed by atoms with E-state index in [4.69, 9.17) is 27.9 Å². The molecule has 12 heteroatoms. The highest BCUT2D eigenvalue weighted by molar-refractivity contribution is 6.35. The zero-order valence-electron chi connectivity index (χ0n) is 22.8. The number of hydrogen-bond donors (Lipinski definition) is 1. The van der Waals surface area contributed by atoms with Gasteiger partial charge in [-0.3, -0.25) is 29.8 Å². The summed E-state index contributed by atoms with van der Waals surface area (Å²) in [5, 5.41) is 26.7. The van der Waals surface area contributed by atoms with Crippen LogP contribution in [0, 0.1) is 31.1 Å². The van der Waals surface area contributed by atoms with E-state index in [1.54, 1.807) is 6.07 Å². The van der Waals surface area contributed by atoms with Gasteiger partial charge in [0.05, 0.1) is 20.9 Å². The summed E-state index contributed by atoms with van der Waals surface area (Å²) < 4.78 is 6.04. The molecule has 214 valence electrons. The molecule has 0 amide bonds. The molecule has 0 aromatic heterocycles. The Morgan fingerprint density at radius 2 is 1.41 bits per heavy atom. The molecule has 1 heterocycles. The number of carbonyl (C=O) groups is 2. The van der Waals surface area contributed by atoms with Gasteiger partial charge in [-0.05, 0) is 41.9 Å². The first-order valence-electron chi connectivity index (χ1n) is 13.0. The number of nitro groups is 2. The number of allylic oxidation sites excluding steroid dienone is 4. The maximum Gasteiger partial charge on any atom is 0.318 e. The van der Waals surface area contributed by atoms with Crippen molar-refractivity contribution in [3.63, 3.8) is 0 Å². The van der Waals surface area contributed by atoms with Gasteiger partial charge in [0, 0.05) is 58.0 Å². The fourth-order valence-corrected chi connectivity index (χ4v) is 6.61. The Labute approximate surface area is 245 Å². The van der Waals surface area contributed by atoms with Gasteiger partial charge in [-0.15, -0.1) is 0 Å². The Kier molecular flexibility index (Phi) is 6.98. The van der Waals surface area contributed by atoms with Gasteiger partial charge in [0.1, 0.15) is 0 Å². The topological polar surface area (TPSA) is 142 Å². The molecule has 0 saturated heterocycles. The van der Waals surface area contributed by atoms with E-state index in [9.17, 15) is 29.8 Å². The number of hydrogen-bond acceptors (Lipinski definition) is 8. The number of nitro benzene ring substituents is 2. The number of halogens is 2. The van der Waals surface area contributed by atoms with Crippen molar-refractivity contribution in [1.82, 2.24) is 5.32 Å². The summed E-state index contributed by atoms with van der Waals surface area (Å²) in [5.74, 6) is -1.48. The van der Waals surface area contributed by atoms with Crippen LogP contribution in [0.4, 0.5) is 11.4 Å². The van der Waals surface area contributed by atoms with Gasteiger partial charge < -0.3 is 10.1 Å². The zero-order valence-corrected chi connectivity index (χ0v) is 24.3. The average molecular weight is 600 g/mol. The van der Waals surface area contributed by atoms with Crippen LogP contribution in [0.3, 0.4) is 0 Å². The van der Waals surface area contributed by atoms with Gasteiger partial charge in [-0.2, -0.15) is 0 Å². The summed E-state index contributed by atoms with van der Waals surface area (Å²) in [6.45, 7) is 8.01. The second kappa shape index (κ2) is 9.95. The van der Waals surface area contributed by atoms with Gasteiger partial charge in [0.25, 0.3) is 5.69 Å². The smallest absolute Gasteiger partial charge is 0.318 e. The van der Waals surface area contributed by atoms with Crippen LogP contribution in [-0.2, 0) is 9.59 Å². The third-order valence-electron chi connectivity index (χ3n) is 7.63. The number of Topliss-reactive ketones (excluding diaryl/α,β-unsaturated/α-hetero) is 2. The number of carbonyl (C=O) groups excluding carboxylic acids is 2. The van der Waals surface area contributed by atoms with E-state index in [1.165, 1.54) is 6.07 Å². The fourth-order valence-electron chi connectivity index (χ4n) is 6.06. The van der Waals surface area contributed by atoms with Crippen molar-refractivity contribution < 1.29 is 24.2 Å². The number of nitrogens with one attached hydrogen (secondary N) is 1. The molecule has 1 aliphatic heterocycles. The number of benzene rings is 2. The van der Waals surface area contributed by atoms with Crippen LogP contribution in [-0.4, -0.2) is 21.4 Å². The van der Waals surface area contributed by atoms with E-state index < -0.39 is 27.1 Å². The van der Waals surface area contributed by atoms with E-state index in [1.807, 2.05) is 27.7 Å². The van der Waals surface area contributed by atoms with Crippen LogP contribution in [0.25, 0.3) is 0 Å². The lowest BCUT2D eigenvalue weighted by Gasteiger charge is -2.44. The molecule has 0 bridgehead atoms. The van der Waals surface area contributed by atoms with E-state index in [-0.39, 0.29) is 56.8 Å². The first-order chi connectivity index (χ1) is 19.1. The summed E-state index contributed by atoms with van der Waals surface area (Å²) in [7, 11) is 0. The lowest BCUT2D eigenvalue weighted by atomic mass is 9.64. The lowest BCUT2D eigenvalue weighted by molar-refractivity contribution is -0.394. The summed E-state index contributed by atoms with van der Waals surface area (Å²) in [5.41, 5.74) is 0.794. The van der Waals surface area contributed by atoms with Crippen LogP contribution in [0.15, 0.2) is 52.9 Å². The number of dihydropyridines is 1. The highest BCUT2D eigenvalue weighted by atomic mass is 35.5. The Morgan fingerprint density at radius 3 is 1.93 bits per heavy atom. The van der Waals surface area contributed by atoms with Gasteiger partial charge in [0.2, 0.25) is 5.75 Å². The van der Waals surface area contributed by atoms with Crippen molar-refractivity contribution in [2.75, 3.05) is 0 Å². The van der Waals surface area contributed by atoms with Crippen LogP contribution >= 0.6 is 23.2 Å². The normalized spacial score (nSPS) is 19.9. The molecule has 2 aromatic rings. The molecule has 2 aliphatic carbocycles. The van der Waals surface area contributed by atoms with Crippen LogP contribution in [0.5, 0.6) is 11.5 Å². The molecular formula is C29H27Cl2N3O7. The maximum absolute atomic E-state index is 13.7. The number of rotatable bonds is 5. The maximum atomic E-state index is 13.7. The molecule has 5 rings (SSSR count). The molecule has 0 saturated carbocycles. The Hall–Kier alpha value is -3.76. The quantitative estimate of drug-likeness (QED) is 0.274. The third kappa shape index (κ3) is 5.34. The van der Waals surface area contributed by atoms with Gasteiger partial charge in [-0.25, -0.2) is 0 Å². The molecule has 3 aliphatic rings. The standard InChI is InChI=1S/C29H27Cl2N3O7/c1-28(2)10-18-25(21(35)12-28)24(26-19(32-18)11-29(3,4)13-22(26)36)16-7-14(30)8-17(31)27(16)41-23-6-5-15(33(37)38)9-20(23)34(39)40/h5-9,24,32H,10-13H2,1-4H3. The summed E-state index contributed by atoms with van der Waals surface area (Å²) >= 11 is 13.1. The molecule has 41 heavy (non-hydrogen) atoms. The van der Waals surface area contributed by atoms with Crippen molar-refractivity contribution >= 4 is 46.1 Å². The second-order valence-corrected chi connectivity index (χ2v) is 13.1. The summed E-state index contributed by atoms with van der Waals surface area (Å²) in [6, 6.07) is 5.93. The van der Waals surface area contributed by atoms with Gasteiger partial charge in [-0.1, -0.05) is 50.9 Å². The predicted molar refractivity (Wildman–Crippen MR) is 152 cm³/mol.